The van der Waals surface area contributed by atoms with Crippen LogP contribution in [0.4, 0.5) is 0 Å². The van der Waals surface area contributed by atoms with Crippen molar-refractivity contribution in [3.63, 3.8) is 0 Å². The highest BCUT2D eigenvalue weighted by atomic mass is 16.2. The van der Waals surface area contributed by atoms with Gasteiger partial charge in [-0.15, -0.1) is 0 Å². The van der Waals surface area contributed by atoms with Crippen LogP contribution in [0, 0.1) is 23.2 Å². The van der Waals surface area contributed by atoms with E-state index >= 15 is 0 Å². The molecule has 1 saturated carbocycles. The SMILES string of the molecule is CC1CCC(NC(=O)C2(C(C)C)CCNC2)CC1C. The van der Waals surface area contributed by atoms with Crippen molar-refractivity contribution >= 4 is 5.91 Å². The number of carbonyl (C=O) groups is 1. The van der Waals surface area contributed by atoms with Gasteiger partial charge in [0.15, 0.2) is 0 Å². The number of rotatable bonds is 3. The summed E-state index contributed by atoms with van der Waals surface area (Å²) in [6.07, 6.45) is 4.53. The molecule has 0 spiro atoms. The first-order chi connectivity index (χ1) is 8.95. The lowest BCUT2D eigenvalue weighted by Gasteiger charge is -2.37. The van der Waals surface area contributed by atoms with Crippen molar-refractivity contribution in [1.29, 1.82) is 0 Å². The Morgan fingerprint density at radius 2 is 2.00 bits per heavy atom. The predicted octanol–water partition coefficient (Wildman–Crippen LogP) is 2.56. The van der Waals surface area contributed by atoms with Crippen molar-refractivity contribution < 1.29 is 4.79 Å². The Bertz CT molecular complexity index is 321. The molecule has 4 atom stereocenters. The zero-order chi connectivity index (χ0) is 14.0. The van der Waals surface area contributed by atoms with E-state index in [4.69, 9.17) is 0 Å². The minimum Gasteiger partial charge on any atom is -0.353 e. The average Bonchev–Trinajstić information content (AvgIpc) is 2.84. The second kappa shape index (κ2) is 5.82. The fourth-order valence-electron chi connectivity index (χ4n) is 3.67. The lowest BCUT2D eigenvalue weighted by Crippen LogP contribution is -2.50. The predicted molar refractivity (Wildman–Crippen MR) is 78.9 cm³/mol. The third-order valence-corrected chi connectivity index (χ3v) is 5.68. The maximum absolute atomic E-state index is 12.7. The van der Waals surface area contributed by atoms with Crippen molar-refractivity contribution in [2.24, 2.45) is 23.2 Å². The van der Waals surface area contributed by atoms with E-state index in [9.17, 15) is 4.79 Å². The molecule has 1 saturated heterocycles. The van der Waals surface area contributed by atoms with Crippen molar-refractivity contribution in [2.75, 3.05) is 13.1 Å². The molecule has 110 valence electrons. The third-order valence-electron chi connectivity index (χ3n) is 5.68. The first-order valence-corrected chi connectivity index (χ1v) is 7.97. The van der Waals surface area contributed by atoms with Gasteiger partial charge in [0.2, 0.25) is 5.91 Å². The summed E-state index contributed by atoms with van der Waals surface area (Å²) in [5.41, 5.74) is -0.174. The standard InChI is InChI=1S/C16H30N2O/c1-11(2)16(7-8-17-10-16)15(19)18-14-6-5-12(3)13(4)9-14/h11-14,17H,5-10H2,1-4H3,(H,18,19). The summed E-state index contributed by atoms with van der Waals surface area (Å²) in [6.45, 7) is 10.8. The Hall–Kier alpha value is -0.570. The monoisotopic (exact) mass is 266 g/mol. The molecular formula is C16H30N2O. The lowest BCUT2D eigenvalue weighted by atomic mass is 9.74. The van der Waals surface area contributed by atoms with E-state index in [2.05, 4.69) is 38.3 Å². The average molecular weight is 266 g/mol. The molecule has 2 rings (SSSR count). The smallest absolute Gasteiger partial charge is 0.228 e. The van der Waals surface area contributed by atoms with E-state index in [0.717, 1.165) is 44.2 Å². The molecule has 0 aromatic carbocycles. The Morgan fingerprint density at radius 3 is 2.53 bits per heavy atom. The topological polar surface area (TPSA) is 41.1 Å². The molecule has 1 heterocycles. The number of amides is 1. The first kappa shape index (κ1) is 14.8. The molecule has 2 aliphatic rings. The van der Waals surface area contributed by atoms with E-state index in [1.54, 1.807) is 0 Å². The van der Waals surface area contributed by atoms with Gasteiger partial charge in [-0.1, -0.05) is 27.7 Å². The van der Waals surface area contributed by atoms with Crippen molar-refractivity contribution in [2.45, 2.75) is 59.4 Å². The highest BCUT2D eigenvalue weighted by molar-refractivity contribution is 5.83. The van der Waals surface area contributed by atoms with Gasteiger partial charge >= 0.3 is 0 Å². The maximum Gasteiger partial charge on any atom is 0.228 e. The number of carbonyl (C=O) groups excluding carboxylic acids is 1. The van der Waals surface area contributed by atoms with Crippen LogP contribution < -0.4 is 10.6 Å². The van der Waals surface area contributed by atoms with Gasteiger partial charge in [0, 0.05) is 12.6 Å². The molecule has 2 fully saturated rings. The van der Waals surface area contributed by atoms with Gasteiger partial charge < -0.3 is 10.6 Å². The van der Waals surface area contributed by atoms with Crippen LogP contribution in [0.15, 0.2) is 0 Å². The van der Waals surface area contributed by atoms with E-state index < -0.39 is 0 Å². The molecular weight excluding hydrogens is 236 g/mol. The minimum atomic E-state index is -0.174. The van der Waals surface area contributed by atoms with Gasteiger partial charge in [-0.05, 0) is 50.0 Å². The molecule has 0 aromatic rings. The largest absolute Gasteiger partial charge is 0.353 e. The van der Waals surface area contributed by atoms with Gasteiger partial charge in [0.05, 0.1) is 5.41 Å². The molecule has 0 aromatic heterocycles. The highest BCUT2D eigenvalue weighted by Crippen LogP contribution is 2.36. The molecule has 19 heavy (non-hydrogen) atoms. The molecule has 3 nitrogen and oxygen atoms in total. The Labute approximate surface area is 117 Å². The van der Waals surface area contributed by atoms with E-state index in [1.165, 1.54) is 6.42 Å². The lowest BCUT2D eigenvalue weighted by molar-refractivity contribution is -0.133. The van der Waals surface area contributed by atoms with Crippen LogP contribution in [0.25, 0.3) is 0 Å². The maximum atomic E-state index is 12.7. The van der Waals surface area contributed by atoms with Gasteiger partial charge in [-0.2, -0.15) is 0 Å². The quantitative estimate of drug-likeness (QED) is 0.824. The van der Waals surface area contributed by atoms with E-state index in [-0.39, 0.29) is 5.41 Å². The van der Waals surface area contributed by atoms with Crippen molar-refractivity contribution in [3.05, 3.63) is 0 Å². The fourth-order valence-corrected chi connectivity index (χ4v) is 3.67. The normalized spacial score (nSPS) is 39.5. The van der Waals surface area contributed by atoms with Crippen molar-refractivity contribution in [3.8, 4) is 0 Å². The zero-order valence-corrected chi connectivity index (χ0v) is 13.0. The molecule has 2 N–H and O–H groups in total. The van der Waals surface area contributed by atoms with E-state index in [1.807, 2.05) is 0 Å². The van der Waals surface area contributed by atoms with Crippen LogP contribution in [0.5, 0.6) is 0 Å². The van der Waals surface area contributed by atoms with Gasteiger partial charge in [0.25, 0.3) is 0 Å². The summed E-state index contributed by atoms with van der Waals surface area (Å²) >= 11 is 0. The number of hydrogen-bond donors (Lipinski definition) is 2. The molecule has 1 aliphatic carbocycles. The third kappa shape index (κ3) is 2.96. The fraction of sp³-hybridized carbons (Fsp3) is 0.938. The number of hydrogen-bond acceptors (Lipinski definition) is 2. The summed E-state index contributed by atoms with van der Waals surface area (Å²) in [5.74, 6) is 2.23. The molecule has 1 amide bonds. The summed E-state index contributed by atoms with van der Waals surface area (Å²) in [5, 5.41) is 6.72. The van der Waals surface area contributed by atoms with Crippen LogP contribution in [0.3, 0.4) is 0 Å². The van der Waals surface area contributed by atoms with Crippen LogP contribution >= 0.6 is 0 Å². The molecule has 0 bridgehead atoms. The van der Waals surface area contributed by atoms with Crippen LogP contribution in [-0.2, 0) is 4.79 Å². The zero-order valence-electron chi connectivity index (χ0n) is 13.0. The summed E-state index contributed by atoms with van der Waals surface area (Å²) in [7, 11) is 0. The first-order valence-electron chi connectivity index (χ1n) is 7.97. The highest BCUT2D eigenvalue weighted by Gasteiger charge is 2.44. The van der Waals surface area contributed by atoms with Crippen LogP contribution in [-0.4, -0.2) is 25.0 Å². The summed E-state index contributed by atoms with van der Waals surface area (Å²) < 4.78 is 0. The van der Waals surface area contributed by atoms with Crippen LogP contribution in [0.1, 0.15) is 53.4 Å². The second-order valence-electron chi connectivity index (χ2n) is 7.18. The number of nitrogens with one attached hydrogen (secondary N) is 2. The molecule has 3 heteroatoms. The van der Waals surface area contributed by atoms with Crippen LogP contribution in [0.2, 0.25) is 0 Å². The Kier molecular flexibility index (Phi) is 4.54. The van der Waals surface area contributed by atoms with Crippen molar-refractivity contribution in [1.82, 2.24) is 10.6 Å². The molecule has 4 unspecified atom stereocenters. The van der Waals surface area contributed by atoms with Gasteiger partial charge in [-0.25, -0.2) is 0 Å². The molecule has 1 aliphatic heterocycles. The Morgan fingerprint density at radius 1 is 1.26 bits per heavy atom. The second-order valence-corrected chi connectivity index (χ2v) is 7.18. The van der Waals surface area contributed by atoms with Gasteiger partial charge in [0.1, 0.15) is 0 Å². The Balaban J connectivity index is 1.96. The summed E-state index contributed by atoms with van der Waals surface area (Å²) in [4.78, 5) is 12.7. The van der Waals surface area contributed by atoms with Gasteiger partial charge in [-0.3, -0.25) is 4.79 Å². The minimum absolute atomic E-state index is 0.174. The summed E-state index contributed by atoms with van der Waals surface area (Å²) in [6, 6.07) is 0.398. The van der Waals surface area contributed by atoms with E-state index in [0.29, 0.717) is 17.9 Å². The molecule has 0 radical (unpaired) electrons.